The van der Waals surface area contributed by atoms with E-state index in [9.17, 15) is 0 Å². The number of hydrogen-bond donors (Lipinski definition) is 0. The summed E-state index contributed by atoms with van der Waals surface area (Å²) in [5.41, 5.74) is 14.5. The maximum Gasteiger partial charge on any atom is 0.0547 e. The molecule has 0 amide bonds. The van der Waals surface area contributed by atoms with Gasteiger partial charge in [-0.1, -0.05) is 103 Å². The Morgan fingerprint density at radius 2 is 0.750 bits per heavy atom. The first-order chi connectivity index (χ1) is 25.7. The van der Waals surface area contributed by atoms with E-state index in [-0.39, 0.29) is 0 Å². The fraction of sp³-hybridized carbons (Fsp3) is 0.0204. The Hall–Kier alpha value is -6.84. The van der Waals surface area contributed by atoms with E-state index >= 15 is 0 Å². The van der Waals surface area contributed by atoms with Gasteiger partial charge in [0.2, 0.25) is 0 Å². The molecule has 0 aliphatic carbocycles. The third kappa shape index (κ3) is 4.14. The van der Waals surface area contributed by atoms with Crippen LogP contribution in [0.2, 0.25) is 0 Å². The van der Waals surface area contributed by atoms with Gasteiger partial charge in [0.15, 0.2) is 0 Å². The summed E-state index contributed by atoms with van der Waals surface area (Å²) in [7, 11) is 2.16. The molecule has 0 bridgehead atoms. The van der Waals surface area contributed by atoms with Gasteiger partial charge in [-0.25, -0.2) is 0 Å². The molecule has 0 saturated heterocycles. The molecule has 3 heteroatoms. The largest absolute Gasteiger partial charge is 0.344 e. The number of aryl methyl sites for hydroxylation is 1. The normalized spacial score (nSPS) is 11.9. The number of rotatable bonds is 4. The van der Waals surface area contributed by atoms with E-state index in [0.717, 1.165) is 5.69 Å². The number of benzene rings is 8. The number of fused-ring (bicyclic) bond motifs is 9. The summed E-state index contributed by atoms with van der Waals surface area (Å²) < 4.78 is 7.10. The smallest absolute Gasteiger partial charge is 0.0547 e. The predicted molar refractivity (Wildman–Crippen MR) is 220 cm³/mol. The Morgan fingerprint density at radius 1 is 0.308 bits per heavy atom. The lowest BCUT2D eigenvalue weighted by Gasteiger charge is -2.10. The highest BCUT2D eigenvalue weighted by Crippen LogP contribution is 2.42. The van der Waals surface area contributed by atoms with Crippen molar-refractivity contribution in [3.05, 3.63) is 182 Å². The molecule has 0 radical (unpaired) electrons. The summed E-state index contributed by atoms with van der Waals surface area (Å²) in [6, 6.07) is 66.6. The molecule has 0 aliphatic heterocycles. The van der Waals surface area contributed by atoms with Crippen molar-refractivity contribution in [1.29, 1.82) is 0 Å². The van der Waals surface area contributed by atoms with Crippen LogP contribution in [-0.2, 0) is 7.05 Å². The van der Waals surface area contributed by atoms with Crippen molar-refractivity contribution in [1.82, 2.24) is 13.7 Å². The first kappa shape index (κ1) is 28.9. The summed E-state index contributed by atoms with van der Waals surface area (Å²) in [6.07, 6.45) is 0. The summed E-state index contributed by atoms with van der Waals surface area (Å²) in [4.78, 5) is 0. The van der Waals surface area contributed by atoms with Crippen LogP contribution < -0.4 is 0 Å². The van der Waals surface area contributed by atoms with E-state index in [1.54, 1.807) is 0 Å². The van der Waals surface area contributed by atoms with Crippen LogP contribution in [0.5, 0.6) is 0 Å². The number of hydrogen-bond acceptors (Lipinski definition) is 0. The van der Waals surface area contributed by atoms with Crippen molar-refractivity contribution < 1.29 is 0 Å². The Kier molecular flexibility index (Phi) is 6.17. The monoisotopic (exact) mass is 663 g/mol. The zero-order valence-electron chi connectivity index (χ0n) is 28.7. The standard InChI is InChI=1S/C49H33N3/c1-50-43-20-10-8-17-38(43)40-29-32(23-26-44(40)50)33-24-27-47-42(30-33)49-37(19-12-22-48(49)52(47)36-15-6-3-7-16-36)34-25-28-46-41(31-34)39-18-9-11-21-45(39)51(46)35-13-4-2-5-14-35/h2-31H,1H3. The van der Waals surface area contributed by atoms with Crippen LogP contribution in [-0.4, -0.2) is 13.7 Å². The molecule has 52 heavy (non-hydrogen) atoms. The molecule has 0 atom stereocenters. The minimum Gasteiger partial charge on any atom is -0.344 e. The Bertz CT molecular complexity index is 3180. The van der Waals surface area contributed by atoms with Crippen molar-refractivity contribution in [3.63, 3.8) is 0 Å². The lowest BCUT2D eigenvalue weighted by Crippen LogP contribution is -1.93. The minimum absolute atomic E-state index is 1.16. The van der Waals surface area contributed by atoms with Gasteiger partial charge in [0.05, 0.1) is 22.1 Å². The van der Waals surface area contributed by atoms with Crippen molar-refractivity contribution >= 4 is 65.4 Å². The molecule has 3 nitrogen and oxygen atoms in total. The summed E-state index contributed by atoms with van der Waals surface area (Å²) in [5, 5.41) is 7.59. The topological polar surface area (TPSA) is 14.8 Å². The van der Waals surface area contributed by atoms with Crippen molar-refractivity contribution in [2.24, 2.45) is 7.05 Å². The third-order valence-electron chi connectivity index (χ3n) is 11.0. The predicted octanol–water partition coefficient (Wildman–Crippen LogP) is 12.9. The van der Waals surface area contributed by atoms with E-state index in [0.29, 0.717) is 0 Å². The van der Waals surface area contributed by atoms with Gasteiger partial charge in [-0.3, -0.25) is 0 Å². The fourth-order valence-corrected chi connectivity index (χ4v) is 8.69. The number of para-hydroxylation sites is 4. The fourth-order valence-electron chi connectivity index (χ4n) is 8.69. The van der Waals surface area contributed by atoms with Crippen LogP contribution in [0.4, 0.5) is 0 Å². The average molecular weight is 664 g/mol. The molecule has 8 aromatic carbocycles. The molecule has 0 unspecified atom stereocenters. The van der Waals surface area contributed by atoms with Gasteiger partial charge in [-0.05, 0) is 101 Å². The zero-order chi connectivity index (χ0) is 34.3. The van der Waals surface area contributed by atoms with Gasteiger partial charge >= 0.3 is 0 Å². The minimum atomic E-state index is 1.16. The summed E-state index contributed by atoms with van der Waals surface area (Å²) in [6.45, 7) is 0. The molecule has 0 N–H and O–H groups in total. The van der Waals surface area contributed by atoms with Crippen molar-refractivity contribution in [3.8, 4) is 33.6 Å². The Morgan fingerprint density at radius 3 is 1.46 bits per heavy atom. The second-order valence-electron chi connectivity index (χ2n) is 13.8. The van der Waals surface area contributed by atoms with E-state index in [4.69, 9.17) is 0 Å². The quantitative estimate of drug-likeness (QED) is 0.178. The van der Waals surface area contributed by atoms with Gasteiger partial charge < -0.3 is 13.7 Å². The zero-order valence-corrected chi connectivity index (χ0v) is 28.7. The number of aromatic nitrogens is 3. The highest BCUT2D eigenvalue weighted by atomic mass is 15.0. The molecule has 3 heterocycles. The van der Waals surface area contributed by atoms with Gasteiger partial charge in [-0.2, -0.15) is 0 Å². The van der Waals surface area contributed by atoms with Crippen LogP contribution in [0, 0.1) is 0 Å². The molecule has 11 rings (SSSR count). The maximum absolute atomic E-state index is 2.42. The van der Waals surface area contributed by atoms with E-state index in [1.807, 2.05) is 0 Å². The van der Waals surface area contributed by atoms with Gasteiger partial charge in [0.1, 0.15) is 0 Å². The van der Waals surface area contributed by atoms with Crippen LogP contribution in [0.3, 0.4) is 0 Å². The van der Waals surface area contributed by atoms with Crippen molar-refractivity contribution in [2.45, 2.75) is 0 Å². The Labute approximate surface area is 300 Å². The third-order valence-corrected chi connectivity index (χ3v) is 11.0. The SMILES string of the molecule is Cn1c2ccccc2c2cc(-c3ccc4c(c3)c3c(-c5ccc6c(c5)c5ccccc5n6-c5ccccc5)cccc3n4-c3ccccc3)ccc21. The van der Waals surface area contributed by atoms with E-state index < -0.39 is 0 Å². The van der Waals surface area contributed by atoms with Crippen molar-refractivity contribution in [2.75, 3.05) is 0 Å². The van der Waals surface area contributed by atoms with Gasteiger partial charge in [-0.15, -0.1) is 0 Å². The second kappa shape index (κ2) is 11.1. The van der Waals surface area contributed by atoms with E-state index in [2.05, 4.69) is 203 Å². The molecule has 11 aromatic rings. The van der Waals surface area contributed by atoms with Crippen LogP contribution in [0.25, 0.3) is 99.0 Å². The van der Waals surface area contributed by atoms with E-state index in [1.165, 1.54) is 93.4 Å². The average Bonchev–Trinajstić information content (AvgIpc) is 3.83. The summed E-state index contributed by atoms with van der Waals surface area (Å²) >= 11 is 0. The van der Waals surface area contributed by atoms with Crippen LogP contribution in [0.1, 0.15) is 0 Å². The van der Waals surface area contributed by atoms with Crippen LogP contribution >= 0.6 is 0 Å². The maximum atomic E-state index is 2.42. The molecular weight excluding hydrogens is 631 g/mol. The molecule has 0 aliphatic rings. The second-order valence-corrected chi connectivity index (χ2v) is 13.8. The highest BCUT2D eigenvalue weighted by Gasteiger charge is 2.19. The lowest BCUT2D eigenvalue weighted by atomic mass is 9.96. The Balaban J connectivity index is 1.18. The molecule has 244 valence electrons. The molecule has 0 spiro atoms. The van der Waals surface area contributed by atoms with Gasteiger partial charge in [0.25, 0.3) is 0 Å². The molecule has 0 fully saturated rings. The first-order valence-electron chi connectivity index (χ1n) is 17.9. The highest BCUT2D eigenvalue weighted by molar-refractivity contribution is 6.18. The molecular formula is C49H33N3. The molecule has 0 saturated carbocycles. The van der Waals surface area contributed by atoms with Gasteiger partial charge in [0, 0.05) is 61.8 Å². The van der Waals surface area contributed by atoms with Crippen LogP contribution in [0.15, 0.2) is 182 Å². The summed E-state index contributed by atoms with van der Waals surface area (Å²) in [5.74, 6) is 0. The number of nitrogens with zero attached hydrogens (tertiary/aromatic N) is 3. The molecule has 3 aromatic heterocycles. The first-order valence-corrected chi connectivity index (χ1v) is 17.9. The lowest BCUT2D eigenvalue weighted by molar-refractivity contribution is 1.01.